The van der Waals surface area contributed by atoms with E-state index in [-0.39, 0.29) is 0 Å². The van der Waals surface area contributed by atoms with Crippen LogP contribution in [0.4, 0.5) is 0 Å². The Morgan fingerprint density at radius 2 is 1.30 bits per heavy atom. The lowest BCUT2D eigenvalue weighted by Gasteiger charge is -2.42. The molecule has 184 valence electrons. The van der Waals surface area contributed by atoms with Crippen molar-refractivity contribution in [1.29, 1.82) is 0 Å². The van der Waals surface area contributed by atoms with Crippen molar-refractivity contribution in [3.8, 4) is 0 Å². The van der Waals surface area contributed by atoms with Crippen LogP contribution in [0.25, 0.3) is 0 Å². The Balaban J connectivity index is 3.60. The van der Waals surface area contributed by atoms with E-state index in [1.165, 1.54) is 0 Å². The first-order chi connectivity index (χ1) is 15.3. The van der Waals surface area contributed by atoms with E-state index < -0.39 is 78.8 Å². The van der Waals surface area contributed by atoms with Gasteiger partial charge in [-0.05, 0) is 5.16 Å². The normalized spacial score (nSPS) is 23.9. The fourth-order valence-corrected chi connectivity index (χ4v) is 2.79. The third-order valence-corrected chi connectivity index (χ3v) is 3.74. The number of carbonyl (C=O) groups excluding carboxylic acids is 6. The van der Waals surface area contributed by atoms with Crippen LogP contribution in [0.3, 0.4) is 0 Å². The molecule has 14 heteroatoms. The molecule has 1 aliphatic heterocycles. The van der Waals surface area contributed by atoms with Crippen molar-refractivity contribution in [3.05, 3.63) is 0 Å². The molecule has 1 heterocycles. The molecule has 14 nitrogen and oxygen atoms in total. The van der Waals surface area contributed by atoms with Crippen LogP contribution in [0.2, 0.25) is 0 Å². The number of esters is 5. The van der Waals surface area contributed by atoms with Crippen LogP contribution in [0.1, 0.15) is 41.5 Å². The molecule has 33 heavy (non-hydrogen) atoms. The van der Waals surface area contributed by atoms with Gasteiger partial charge in [0.25, 0.3) is 5.90 Å². The van der Waals surface area contributed by atoms with Crippen LogP contribution in [-0.4, -0.2) is 78.8 Å². The molecule has 1 saturated heterocycles. The third-order valence-electron chi connectivity index (χ3n) is 3.74. The Bertz CT molecular complexity index is 821. The molecule has 0 spiro atoms. The summed E-state index contributed by atoms with van der Waals surface area (Å²) in [6.45, 7) is 5.74. The standard InChI is InChI=1S/C19H25NO13/c1-8(21)27-7-14(28-9(2)22)15-16(29-10(3)23)17(30-11(4)24)18(31-12(5)25)19(32-15)20-33-13(6)26/h14-18H,7H2,1-6H3/b20-19-/t14-,15+,16+,17-,18-/m1/s1. The number of carbonyl (C=O) groups is 6. The summed E-state index contributed by atoms with van der Waals surface area (Å²) in [5, 5.41) is 3.48. The summed E-state index contributed by atoms with van der Waals surface area (Å²) < 4.78 is 31.3. The van der Waals surface area contributed by atoms with Gasteiger partial charge in [-0.3, -0.25) is 24.0 Å². The number of ether oxygens (including phenoxy) is 6. The number of rotatable bonds is 8. The van der Waals surface area contributed by atoms with Crippen LogP contribution in [-0.2, 0) is 62.0 Å². The second-order valence-corrected chi connectivity index (χ2v) is 6.72. The van der Waals surface area contributed by atoms with Crippen molar-refractivity contribution in [3.63, 3.8) is 0 Å². The summed E-state index contributed by atoms with van der Waals surface area (Å²) in [6.07, 6.45) is -7.62. The van der Waals surface area contributed by atoms with E-state index in [0.29, 0.717) is 0 Å². The molecule has 1 fully saturated rings. The van der Waals surface area contributed by atoms with Crippen molar-refractivity contribution in [1.82, 2.24) is 0 Å². The fourth-order valence-electron chi connectivity index (χ4n) is 2.79. The zero-order chi connectivity index (χ0) is 25.3. The predicted octanol–water partition coefficient (Wildman–Crippen LogP) is -0.448. The highest BCUT2D eigenvalue weighted by Crippen LogP contribution is 2.29. The molecule has 0 N–H and O–H groups in total. The summed E-state index contributed by atoms with van der Waals surface area (Å²) in [6, 6.07) is 0. The average molecular weight is 475 g/mol. The van der Waals surface area contributed by atoms with E-state index >= 15 is 0 Å². The van der Waals surface area contributed by atoms with Crippen molar-refractivity contribution < 1.29 is 62.0 Å². The van der Waals surface area contributed by atoms with Gasteiger partial charge in [0.05, 0.1) is 0 Å². The summed E-state index contributed by atoms with van der Waals surface area (Å²) in [5.41, 5.74) is 0. The van der Waals surface area contributed by atoms with Gasteiger partial charge in [0.15, 0.2) is 24.4 Å². The Hall–Kier alpha value is -3.71. The van der Waals surface area contributed by atoms with E-state index in [1.807, 2.05) is 0 Å². The molecule has 1 aliphatic rings. The summed E-state index contributed by atoms with van der Waals surface area (Å²) in [5.74, 6) is -5.58. The van der Waals surface area contributed by atoms with Gasteiger partial charge < -0.3 is 33.3 Å². The second-order valence-electron chi connectivity index (χ2n) is 6.72. The molecule has 0 aromatic rings. The molecule has 5 atom stereocenters. The van der Waals surface area contributed by atoms with Gasteiger partial charge >= 0.3 is 35.8 Å². The van der Waals surface area contributed by atoms with E-state index in [2.05, 4.69) is 9.99 Å². The molecule has 0 unspecified atom stereocenters. The van der Waals surface area contributed by atoms with E-state index in [0.717, 1.165) is 41.5 Å². The maximum absolute atomic E-state index is 11.8. The predicted molar refractivity (Wildman–Crippen MR) is 103 cm³/mol. The van der Waals surface area contributed by atoms with Crippen LogP contribution in [0, 0.1) is 0 Å². The first-order valence-electron chi connectivity index (χ1n) is 9.56. The van der Waals surface area contributed by atoms with Crippen LogP contribution < -0.4 is 0 Å². The summed E-state index contributed by atoms with van der Waals surface area (Å²) in [4.78, 5) is 74.0. The monoisotopic (exact) mass is 475 g/mol. The minimum absolute atomic E-state index is 0.552. The molecular formula is C19H25NO13. The first-order valence-corrected chi connectivity index (χ1v) is 9.56. The Kier molecular flexibility index (Phi) is 10.2. The SMILES string of the molecule is CC(=O)OC[C@@H](OC(C)=O)[C@@H]1O/C(=N\OC(C)=O)[C@H](OC(C)=O)[C@H](OC(C)=O)[C@H]1OC(C)=O. The number of hydrogen-bond acceptors (Lipinski definition) is 14. The van der Waals surface area contributed by atoms with Gasteiger partial charge in [0, 0.05) is 41.5 Å². The minimum atomic E-state index is -1.61. The maximum atomic E-state index is 11.8. The minimum Gasteiger partial charge on any atom is -0.464 e. The Morgan fingerprint density at radius 1 is 0.758 bits per heavy atom. The molecule has 1 rings (SSSR count). The quantitative estimate of drug-likeness (QED) is 0.191. The lowest BCUT2D eigenvalue weighted by molar-refractivity contribution is -0.211. The number of nitrogens with zero attached hydrogens (tertiary/aromatic N) is 1. The molecule has 0 bridgehead atoms. The zero-order valence-electron chi connectivity index (χ0n) is 18.8. The van der Waals surface area contributed by atoms with Gasteiger partial charge in [0.2, 0.25) is 6.10 Å². The highest BCUT2D eigenvalue weighted by molar-refractivity contribution is 5.86. The van der Waals surface area contributed by atoms with Gasteiger partial charge in [-0.25, -0.2) is 4.79 Å². The Morgan fingerprint density at radius 3 is 1.76 bits per heavy atom. The molecular weight excluding hydrogens is 450 g/mol. The summed E-state index contributed by atoms with van der Waals surface area (Å²) >= 11 is 0. The second kappa shape index (κ2) is 12.4. The number of hydrogen-bond donors (Lipinski definition) is 0. The third kappa shape index (κ3) is 9.13. The maximum Gasteiger partial charge on any atom is 0.332 e. The number of oxime groups is 1. The summed E-state index contributed by atoms with van der Waals surface area (Å²) in [7, 11) is 0. The molecule has 0 aromatic heterocycles. The highest BCUT2D eigenvalue weighted by atomic mass is 16.7. The van der Waals surface area contributed by atoms with Gasteiger partial charge in [-0.15, -0.1) is 0 Å². The fraction of sp³-hybridized carbons (Fsp3) is 0.632. The van der Waals surface area contributed by atoms with Gasteiger partial charge in [-0.1, -0.05) is 0 Å². The van der Waals surface area contributed by atoms with Crippen molar-refractivity contribution in [2.75, 3.05) is 6.61 Å². The molecule has 0 saturated carbocycles. The Labute approximate surface area is 188 Å². The zero-order valence-corrected chi connectivity index (χ0v) is 18.8. The highest BCUT2D eigenvalue weighted by Gasteiger charge is 2.55. The molecule has 0 aliphatic carbocycles. The molecule has 0 radical (unpaired) electrons. The average Bonchev–Trinajstić information content (AvgIpc) is 2.65. The van der Waals surface area contributed by atoms with Gasteiger partial charge in [0.1, 0.15) is 6.61 Å². The van der Waals surface area contributed by atoms with Crippen molar-refractivity contribution in [2.24, 2.45) is 5.16 Å². The van der Waals surface area contributed by atoms with Gasteiger partial charge in [-0.2, -0.15) is 0 Å². The van der Waals surface area contributed by atoms with E-state index in [1.54, 1.807) is 0 Å². The lowest BCUT2D eigenvalue weighted by Crippen LogP contribution is -2.63. The van der Waals surface area contributed by atoms with Crippen molar-refractivity contribution >= 4 is 41.7 Å². The van der Waals surface area contributed by atoms with Crippen LogP contribution in [0.5, 0.6) is 0 Å². The van der Waals surface area contributed by atoms with Crippen molar-refractivity contribution in [2.45, 2.75) is 72.1 Å². The molecule has 0 aromatic carbocycles. The van der Waals surface area contributed by atoms with Crippen LogP contribution >= 0.6 is 0 Å². The van der Waals surface area contributed by atoms with Crippen LogP contribution in [0.15, 0.2) is 5.16 Å². The lowest BCUT2D eigenvalue weighted by atomic mass is 9.94. The van der Waals surface area contributed by atoms with E-state index in [4.69, 9.17) is 28.4 Å². The largest absolute Gasteiger partial charge is 0.464 e. The smallest absolute Gasteiger partial charge is 0.332 e. The van der Waals surface area contributed by atoms with E-state index in [9.17, 15) is 28.8 Å². The topological polar surface area (TPSA) is 179 Å². The first kappa shape index (κ1) is 27.3. The molecule has 0 amide bonds.